The van der Waals surface area contributed by atoms with Gasteiger partial charge in [0.05, 0.1) is 22.0 Å². The van der Waals surface area contributed by atoms with E-state index in [0.29, 0.717) is 16.3 Å². The molecule has 0 atom stereocenters. The lowest BCUT2D eigenvalue weighted by Gasteiger charge is -2.05. The van der Waals surface area contributed by atoms with E-state index in [1.165, 1.54) is 35.8 Å². The second kappa shape index (κ2) is 7.00. The number of aromatic nitrogens is 1. The van der Waals surface area contributed by atoms with Crippen LogP contribution in [0.5, 0.6) is 0 Å². The Morgan fingerprint density at radius 2 is 1.85 bits per heavy atom. The maximum absolute atomic E-state index is 13.7. The molecule has 0 aliphatic rings. The summed E-state index contributed by atoms with van der Waals surface area (Å²) in [4.78, 5) is 28.6. The van der Waals surface area contributed by atoms with Crippen LogP contribution in [0.15, 0.2) is 65.3 Å². The molecule has 2 heterocycles. The van der Waals surface area contributed by atoms with Gasteiger partial charge in [0.2, 0.25) is 0 Å². The molecule has 0 saturated heterocycles. The highest BCUT2D eigenvalue weighted by atomic mass is 32.1. The summed E-state index contributed by atoms with van der Waals surface area (Å²) < 4.78 is 19.5. The van der Waals surface area contributed by atoms with Crippen molar-refractivity contribution in [2.24, 2.45) is 0 Å². The number of furan rings is 1. The number of carbonyl (C=O) groups is 2. The molecule has 8 heteroatoms. The van der Waals surface area contributed by atoms with Crippen LogP contribution in [0.25, 0.3) is 10.2 Å². The van der Waals surface area contributed by atoms with Crippen LogP contribution in [0.1, 0.15) is 20.9 Å². The maximum atomic E-state index is 13.7. The van der Waals surface area contributed by atoms with Crippen molar-refractivity contribution in [3.8, 4) is 0 Å². The standard InChI is InChI=1S/C19H12FN3O3S/c20-13-5-2-1-4-12(13)17(24)21-11-7-8-14-16(10-11)27-19(22-14)23-18(25)15-6-3-9-26-15/h1-10H,(H,21,24)(H,22,23,25). The average molecular weight is 381 g/mol. The van der Waals surface area contributed by atoms with E-state index in [0.717, 1.165) is 4.70 Å². The molecule has 4 rings (SSSR count). The minimum atomic E-state index is -0.586. The van der Waals surface area contributed by atoms with Crippen molar-refractivity contribution in [2.75, 3.05) is 10.6 Å². The van der Waals surface area contributed by atoms with Gasteiger partial charge in [0, 0.05) is 5.69 Å². The molecule has 2 N–H and O–H groups in total. The van der Waals surface area contributed by atoms with Gasteiger partial charge in [-0.05, 0) is 42.5 Å². The molecular weight excluding hydrogens is 369 g/mol. The maximum Gasteiger partial charge on any atom is 0.293 e. The summed E-state index contributed by atoms with van der Waals surface area (Å²) in [6.07, 6.45) is 1.41. The fourth-order valence-corrected chi connectivity index (χ4v) is 3.37. The van der Waals surface area contributed by atoms with Crippen molar-refractivity contribution < 1.29 is 18.4 Å². The van der Waals surface area contributed by atoms with Gasteiger partial charge in [-0.1, -0.05) is 23.5 Å². The minimum Gasteiger partial charge on any atom is -0.459 e. The first kappa shape index (κ1) is 16.9. The summed E-state index contributed by atoms with van der Waals surface area (Å²) in [5.41, 5.74) is 1.13. The Morgan fingerprint density at radius 3 is 2.63 bits per heavy atom. The van der Waals surface area contributed by atoms with Gasteiger partial charge in [0.25, 0.3) is 11.8 Å². The van der Waals surface area contributed by atoms with E-state index in [1.807, 2.05) is 0 Å². The van der Waals surface area contributed by atoms with Crippen molar-refractivity contribution in [1.82, 2.24) is 4.98 Å². The average Bonchev–Trinajstić information content (AvgIpc) is 3.31. The zero-order valence-corrected chi connectivity index (χ0v) is 14.5. The number of nitrogens with one attached hydrogen (secondary N) is 2. The SMILES string of the molecule is O=C(Nc1nc2ccc(NC(=O)c3ccccc3F)cc2s1)c1ccco1. The fraction of sp³-hybridized carbons (Fsp3) is 0. The molecular formula is C19H12FN3O3S. The molecule has 0 unspecified atom stereocenters. The zero-order valence-electron chi connectivity index (χ0n) is 13.7. The van der Waals surface area contributed by atoms with Gasteiger partial charge >= 0.3 is 0 Å². The number of hydrogen-bond acceptors (Lipinski definition) is 5. The molecule has 0 radical (unpaired) electrons. The summed E-state index contributed by atoms with van der Waals surface area (Å²) in [6, 6.07) is 14.0. The molecule has 0 fully saturated rings. The van der Waals surface area contributed by atoms with Crippen LogP contribution in [0.2, 0.25) is 0 Å². The van der Waals surface area contributed by atoms with E-state index in [1.54, 1.807) is 36.4 Å². The monoisotopic (exact) mass is 381 g/mol. The van der Waals surface area contributed by atoms with Crippen LogP contribution in [-0.4, -0.2) is 16.8 Å². The van der Waals surface area contributed by atoms with Crippen molar-refractivity contribution in [3.63, 3.8) is 0 Å². The molecule has 0 spiro atoms. The summed E-state index contributed by atoms with van der Waals surface area (Å²) in [5.74, 6) is -1.33. The van der Waals surface area contributed by atoms with Gasteiger partial charge in [0.1, 0.15) is 5.82 Å². The number of anilines is 2. The number of thiazole rings is 1. The Bertz CT molecular complexity index is 1140. The first-order valence-corrected chi connectivity index (χ1v) is 8.73. The zero-order chi connectivity index (χ0) is 18.8. The second-order valence-corrected chi connectivity index (χ2v) is 6.60. The third kappa shape index (κ3) is 3.56. The molecule has 0 bridgehead atoms. The van der Waals surface area contributed by atoms with Crippen molar-refractivity contribution in [2.45, 2.75) is 0 Å². The third-order valence-corrected chi connectivity index (χ3v) is 4.66. The van der Waals surface area contributed by atoms with Gasteiger partial charge in [-0.2, -0.15) is 0 Å². The first-order valence-electron chi connectivity index (χ1n) is 7.91. The number of rotatable bonds is 4. The predicted octanol–water partition coefficient (Wildman–Crippen LogP) is 4.53. The highest BCUT2D eigenvalue weighted by Crippen LogP contribution is 2.29. The number of carbonyl (C=O) groups excluding carboxylic acids is 2. The second-order valence-electron chi connectivity index (χ2n) is 5.57. The van der Waals surface area contributed by atoms with Crippen molar-refractivity contribution in [1.29, 1.82) is 0 Å². The lowest BCUT2D eigenvalue weighted by Crippen LogP contribution is -2.13. The van der Waals surface area contributed by atoms with Gasteiger partial charge < -0.3 is 9.73 Å². The van der Waals surface area contributed by atoms with Crippen LogP contribution in [0.4, 0.5) is 15.2 Å². The Balaban J connectivity index is 1.53. The van der Waals surface area contributed by atoms with Crippen LogP contribution in [0, 0.1) is 5.82 Å². The third-order valence-electron chi connectivity index (χ3n) is 3.73. The Morgan fingerprint density at radius 1 is 1.00 bits per heavy atom. The lowest BCUT2D eigenvalue weighted by atomic mass is 10.2. The number of amides is 2. The van der Waals surface area contributed by atoms with Crippen LogP contribution in [-0.2, 0) is 0 Å². The fourth-order valence-electron chi connectivity index (χ4n) is 2.47. The van der Waals surface area contributed by atoms with E-state index in [9.17, 15) is 14.0 Å². The molecule has 0 saturated carbocycles. The quantitative estimate of drug-likeness (QED) is 0.544. The highest BCUT2D eigenvalue weighted by Gasteiger charge is 2.14. The van der Waals surface area contributed by atoms with Crippen LogP contribution >= 0.6 is 11.3 Å². The van der Waals surface area contributed by atoms with Gasteiger partial charge in [0.15, 0.2) is 10.9 Å². The molecule has 27 heavy (non-hydrogen) atoms. The van der Waals surface area contributed by atoms with Crippen LogP contribution in [0.3, 0.4) is 0 Å². The normalized spacial score (nSPS) is 10.7. The molecule has 0 aliphatic carbocycles. The van der Waals surface area contributed by atoms with Crippen LogP contribution < -0.4 is 10.6 Å². The lowest BCUT2D eigenvalue weighted by molar-refractivity contribution is 0.0994. The van der Waals surface area contributed by atoms with Crippen molar-refractivity contribution in [3.05, 3.63) is 78.0 Å². The van der Waals surface area contributed by atoms with E-state index >= 15 is 0 Å². The van der Waals surface area contributed by atoms with E-state index in [2.05, 4.69) is 15.6 Å². The number of benzene rings is 2. The minimum absolute atomic E-state index is 0.0340. The van der Waals surface area contributed by atoms with Gasteiger partial charge in [-0.15, -0.1) is 0 Å². The Kier molecular flexibility index (Phi) is 4.39. The summed E-state index contributed by atoms with van der Waals surface area (Å²) in [7, 11) is 0. The van der Waals surface area contributed by atoms with E-state index in [4.69, 9.17) is 4.42 Å². The van der Waals surface area contributed by atoms with Gasteiger partial charge in [-0.25, -0.2) is 9.37 Å². The summed E-state index contributed by atoms with van der Waals surface area (Å²) in [5, 5.41) is 5.73. The van der Waals surface area contributed by atoms with E-state index < -0.39 is 17.6 Å². The summed E-state index contributed by atoms with van der Waals surface area (Å²) in [6.45, 7) is 0. The number of fused-ring (bicyclic) bond motifs is 1. The molecule has 2 amide bonds. The number of nitrogens with zero attached hydrogens (tertiary/aromatic N) is 1. The molecule has 2 aromatic carbocycles. The highest BCUT2D eigenvalue weighted by molar-refractivity contribution is 7.22. The Hall–Kier alpha value is -3.52. The Labute approximate surface area is 156 Å². The van der Waals surface area contributed by atoms with Crippen molar-refractivity contribution >= 4 is 44.2 Å². The molecule has 6 nitrogen and oxygen atoms in total. The first-order chi connectivity index (χ1) is 13.1. The van der Waals surface area contributed by atoms with E-state index in [-0.39, 0.29) is 11.3 Å². The molecule has 134 valence electrons. The number of hydrogen-bond donors (Lipinski definition) is 2. The van der Waals surface area contributed by atoms with Gasteiger partial charge in [-0.3, -0.25) is 14.9 Å². The predicted molar refractivity (Wildman–Crippen MR) is 101 cm³/mol. The molecule has 2 aromatic heterocycles. The molecule has 0 aliphatic heterocycles. The largest absolute Gasteiger partial charge is 0.459 e. The summed E-state index contributed by atoms with van der Waals surface area (Å²) >= 11 is 1.25. The molecule has 4 aromatic rings. The number of halogens is 1. The topological polar surface area (TPSA) is 84.2 Å². The smallest absolute Gasteiger partial charge is 0.293 e.